The van der Waals surface area contributed by atoms with Crippen LogP contribution in [0.2, 0.25) is 5.02 Å². The van der Waals surface area contributed by atoms with Crippen LogP contribution >= 0.6 is 11.6 Å². The third kappa shape index (κ3) is 4.16. The molecule has 110 valence electrons. The van der Waals surface area contributed by atoms with Crippen LogP contribution < -0.4 is 0 Å². The Morgan fingerprint density at radius 1 is 1.30 bits per heavy atom. The number of amides is 1. The lowest BCUT2D eigenvalue weighted by atomic mass is 10.2. The van der Waals surface area contributed by atoms with Crippen LogP contribution in [0.1, 0.15) is 23.7 Å². The van der Waals surface area contributed by atoms with Crippen molar-refractivity contribution in [1.82, 2.24) is 4.90 Å². The number of carbonyl (C=O) groups is 2. The number of halogens is 3. The van der Waals surface area contributed by atoms with E-state index in [1.165, 1.54) is 11.9 Å². The monoisotopic (exact) mass is 305 g/mol. The van der Waals surface area contributed by atoms with Gasteiger partial charge in [-0.1, -0.05) is 11.6 Å². The van der Waals surface area contributed by atoms with Gasteiger partial charge < -0.3 is 9.64 Å². The average Bonchev–Trinajstić information content (AvgIpc) is 2.39. The number of esters is 1. The molecule has 0 aliphatic rings. The van der Waals surface area contributed by atoms with Crippen LogP contribution in [0.25, 0.3) is 0 Å². The summed E-state index contributed by atoms with van der Waals surface area (Å²) in [6.45, 7) is 2.02. The molecule has 4 nitrogen and oxygen atoms in total. The summed E-state index contributed by atoms with van der Waals surface area (Å²) >= 11 is 5.71. The Bertz CT molecular complexity index is 523. The Kier molecular flexibility index (Phi) is 5.88. The van der Waals surface area contributed by atoms with Crippen LogP contribution in [0.15, 0.2) is 12.1 Å². The van der Waals surface area contributed by atoms with E-state index in [-0.39, 0.29) is 30.2 Å². The quantitative estimate of drug-likeness (QED) is 0.620. The molecule has 1 rings (SSSR count). The van der Waals surface area contributed by atoms with E-state index in [0.29, 0.717) is 0 Å². The van der Waals surface area contributed by atoms with Gasteiger partial charge in [0.25, 0.3) is 5.91 Å². The van der Waals surface area contributed by atoms with Crippen molar-refractivity contribution < 1.29 is 23.1 Å². The van der Waals surface area contributed by atoms with Crippen molar-refractivity contribution in [2.24, 2.45) is 0 Å². The molecule has 0 atom stereocenters. The van der Waals surface area contributed by atoms with E-state index in [1.807, 2.05) is 0 Å². The maximum Gasteiger partial charge on any atom is 0.307 e. The van der Waals surface area contributed by atoms with Crippen LogP contribution in [-0.2, 0) is 9.53 Å². The minimum Gasteiger partial charge on any atom is -0.466 e. The molecule has 1 amide bonds. The molecular weight excluding hydrogens is 292 g/mol. The predicted molar refractivity (Wildman–Crippen MR) is 69.6 cm³/mol. The highest BCUT2D eigenvalue weighted by atomic mass is 35.5. The number of ether oxygens (including phenoxy) is 1. The van der Waals surface area contributed by atoms with Gasteiger partial charge in [0.2, 0.25) is 0 Å². The Morgan fingerprint density at radius 2 is 1.90 bits per heavy atom. The second-order valence-electron chi connectivity index (χ2n) is 4.03. The third-order valence-corrected chi connectivity index (χ3v) is 2.86. The summed E-state index contributed by atoms with van der Waals surface area (Å²) in [6, 6.07) is 1.48. The number of benzene rings is 1. The standard InChI is InChI=1S/C13H14ClF2NO3/c1-3-20-12(18)4-5-17(2)13(19)8-6-10(15)11(16)7-9(8)14/h6-7H,3-5H2,1-2H3. The molecule has 1 aromatic carbocycles. The molecule has 7 heteroatoms. The first-order chi connectivity index (χ1) is 9.36. The van der Waals surface area contributed by atoms with Crippen molar-refractivity contribution in [3.05, 3.63) is 34.4 Å². The number of hydrogen-bond acceptors (Lipinski definition) is 3. The molecule has 1 aromatic rings. The van der Waals surface area contributed by atoms with Gasteiger partial charge in [-0.3, -0.25) is 9.59 Å². The first kappa shape index (κ1) is 16.4. The molecular formula is C13H14ClF2NO3. The maximum absolute atomic E-state index is 13.1. The Balaban J connectivity index is 2.74. The van der Waals surface area contributed by atoms with Crippen molar-refractivity contribution in [3.63, 3.8) is 0 Å². The molecule has 0 saturated carbocycles. The fourth-order valence-electron chi connectivity index (χ4n) is 1.49. The van der Waals surface area contributed by atoms with Crippen molar-refractivity contribution >= 4 is 23.5 Å². The van der Waals surface area contributed by atoms with Crippen LogP contribution in [0.3, 0.4) is 0 Å². The number of nitrogens with zero attached hydrogens (tertiary/aromatic N) is 1. The van der Waals surface area contributed by atoms with E-state index >= 15 is 0 Å². The molecule has 0 spiro atoms. The minimum absolute atomic E-state index is 0.0113. The van der Waals surface area contributed by atoms with Gasteiger partial charge in [-0.25, -0.2) is 8.78 Å². The molecule has 0 heterocycles. The van der Waals surface area contributed by atoms with Gasteiger partial charge in [-0.2, -0.15) is 0 Å². The number of rotatable bonds is 5. The fraction of sp³-hybridized carbons (Fsp3) is 0.385. The summed E-state index contributed by atoms with van der Waals surface area (Å²) in [5.41, 5.74) is -0.156. The zero-order valence-corrected chi connectivity index (χ0v) is 11.8. The van der Waals surface area contributed by atoms with Gasteiger partial charge in [0.1, 0.15) is 0 Å². The molecule has 0 aliphatic carbocycles. The maximum atomic E-state index is 13.1. The lowest BCUT2D eigenvalue weighted by molar-refractivity contribution is -0.143. The third-order valence-electron chi connectivity index (χ3n) is 2.54. The van der Waals surface area contributed by atoms with Crippen molar-refractivity contribution in [3.8, 4) is 0 Å². The first-order valence-corrected chi connectivity index (χ1v) is 6.30. The van der Waals surface area contributed by atoms with Crippen molar-refractivity contribution in [1.29, 1.82) is 0 Å². The van der Waals surface area contributed by atoms with Gasteiger partial charge in [0.15, 0.2) is 11.6 Å². The molecule has 0 saturated heterocycles. The topological polar surface area (TPSA) is 46.6 Å². The molecule has 20 heavy (non-hydrogen) atoms. The lowest BCUT2D eigenvalue weighted by Crippen LogP contribution is -2.29. The van der Waals surface area contributed by atoms with Gasteiger partial charge in [-0.15, -0.1) is 0 Å². The Labute approximate surface area is 120 Å². The number of hydrogen-bond donors (Lipinski definition) is 0. The summed E-state index contributed by atoms with van der Waals surface area (Å²) in [5.74, 6) is -3.32. The molecule has 0 radical (unpaired) electrons. The molecule has 0 fully saturated rings. The second kappa shape index (κ2) is 7.19. The summed E-state index contributed by atoms with van der Waals surface area (Å²) in [4.78, 5) is 24.4. The Hall–Kier alpha value is -1.69. The van der Waals surface area contributed by atoms with E-state index in [4.69, 9.17) is 16.3 Å². The lowest BCUT2D eigenvalue weighted by Gasteiger charge is -2.17. The van der Waals surface area contributed by atoms with Crippen molar-refractivity contribution in [2.75, 3.05) is 20.2 Å². The van der Waals surface area contributed by atoms with Crippen LogP contribution in [0.5, 0.6) is 0 Å². The van der Waals surface area contributed by atoms with Crippen molar-refractivity contribution in [2.45, 2.75) is 13.3 Å². The molecule has 0 aromatic heterocycles. The largest absolute Gasteiger partial charge is 0.466 e. The minimum atomic E-state index is -1.16. The zero-order valence-electron chi connectivity index (χ0n) is 11.1. The normalized spacial score (nSPS) is 10.2. The van der Waals surface area contributed by atoms with Crippen LogP contribution in [-0.4, -0.2) is 37.0 Å². The summed E-state index contributed by atoms with van der Waals surface area (Å²) in [7, 11) is 1.43. The van der Waals surface area contributed by atoms with Gasteiger partial charge in [-0.05, 0) is 19.1 Å². The highest BCUT2D eigenvalue weighted by Gasteiger charge is 2.19. The first-order valence-electron chi connectivity index (χ1n) is 5.92. The predicted octanol–water partition coefficient (Wildman–Crippen LogP) is 2.64. The van der Waals surface area contributed by atoms with E-state index in [9.17, 15) is 18.4 Å². The molecule has 0 N–H and O–H groups in total. The van der Waals surface area contributed by atoms with E-state index in [1.54, 1.807) is 6.92 Å². The van der Waals surface area contributed by atoms with E-state index in [2.05, 4.69) is 0 Å². The average molecular weight is 306 g/mol. The SMILES string of the molecule is CCOC(=O)CCN(C)C(=O)c1cc(F)c(F)cc1Cl. The Morgan fingerprint density at radius 3 is 2.50 bits per heavy atom. The highest BCUT2D eigenvalue weighted by Crippen LogP contribution is 2.21. The van der Waals surface area contributed by atoms with Crippen LogP contribution in [0, 0.1) is 11.6 Å². The zero-order chi connectivity index (χ0) is 15.3. The van der Waals surface area contributed by atoms with Crippen LogP contribution in [0.4, 0.5) is 8.78 Å². The van der Waals surface area contributed by atoms with Gasteiger partial charge in [0.05, 0.1) is 23.6 Å². The molecule has 0 bridgehead atoms. The van der Waals surface area contributed by atoms with Gasteiger partial charge >= 0.3 is 5.97 Å². The van der Waals surface area contributed by atoms with E-state index in [0.717, 1.165) is 12.1 Å². The van der Waals surface area contributed by atoms with E-state index < -0.39 is 23.5 Å². The summed E-state index contributed by atoms with van der Waals surface area (Å²) in [6.07, 6.45) is 0.0113. The summed E-state index contributed by atoms with van der Waals surface area (Å²) < 4.78 is 30.8. The molecule has 0 aliphatic heterocycles. The number of carbonyl (C=O) groups excluding carboxylic acids is 2. The second-order valence-corrected chi connectivity index (χ2v) is 4.44. The smallest absolute Gasteiger partial charge is 0.307 e. The highest BCUT2D eigenvalue weighted by molar-refractivity contribution is 6.33. The molecule has 0 unspecified atom stereocenters. The summed E-state index contributed by atoms with van der Waals surface area (Å²) in [5, 5.41) is -0.183. The fourth-order valence-corrected chi connectivity index (χ4v) is 1.72. The van der Waals surface area contributed by atoms with Gasteiger partial charge in [0, 0.05) is 13.6 Å².